The molecule has 0 amide bonds. The second-order valence-electron chi connectivity index (χ2n) is 6.98. The van der Waals surface area contributed by atoms with Gasteiger partial charge in [0.15, 0.2) is 6.61 Å². The van der Waals surface area contributed by atoms with Crippen molar-refractivity contribution in [1.29, 1.82) is 0 Å². The molecule has 0 aliphatic heterocycles. The molecule has 144 valence electrons. The summed E-state index contributed by atoms with van der Waals surface area (Å²) >= 11 is 1.18. The number of hydrogen-bond donors (Lipinski definition) is 0. The first-order valence-electron chi connectivity index (χ1n) is 8.92. The number of ketones is 1. The van der Waals surface area contributed by atoms with Gasteiger partial charge >= 0.3 is 5.97 Å². The van der Waals surface area contributed by atoms with Gasteiger partial charge in [-0.05, 0) is 44.9 Å². The number of nitro groups is 1. The lowest BCUT2D eigenvalue weighted by Gasteiger charge is -2.07. The minimum Gasteiger partial charge on any atom is -0.453 e. The average Bonchev–Trinajstić information content (AvgIpc) is 3.31. The van der Waals surface area contributed by atoms with Crippen molar-refractivity contribution in [2.45, 2.75) is 32.7 Å². The zero-order chi connectivity index (χ0) is 20.0. The predicted octanol–water partition coefficient (Wildman–Crippen LogP) is 4.60. The van der Waals surface area contributed by atoms with Crippen LogP contribution in [-0.2, 0) is 4.74 Å². The second kappa shape index (κ2) is 6.87. The molecule has 0 unspecified atom stereocenters. The summed E-state index contributed by atoms with van der Waals surface area (Å²) < 4.78 is 8.13. The van der Waals surface area contributed by atoms with Crippen LogP contribution in [0.5, 0.6) is 0 Å². The lowest BCUT2D eigenvalue weighted by atomic mass is 10.1. The molecule has 2 heterocycles. The molecule has 0 spiro atoms. The SMILES string of the molecule is Cc1cc(C(=O)COC(=O)c2cc3cc([N+](=O)[O-])ccc3s2)c(C)n1C1CC1. The highest BCUT2D eigenvalue weighted by Gasteiger charge is 2.28. The number of thiophene rings is 1. The quantitative estimate of drug-likeness (QED) is 0.262. The van der Waals surface area contributed by atoms with E-state index < -0.39 is 10.9 Å². The Morgan fingerprint density at radius 2 is 2.00 bits per heavy atom. The topological polar surface area (TPSA) is 91.4 Å². The number of carbonyl (C=O) groups excluding carboxylic acids is 2. The van der Waals surface area contributed by atoms with Crippen LogP contribution in [0.3, 0.4) is 0 Å². The number of esters is 1. The third kappa shape index (κ3) is 3.31. The number of aromatic nitrogens is 1. The van der Waals surface area contributed by atoms with Crippen molar-refractivity contribution in [2.75, 3.05) is 6.61 Å². The Morgan fingerprint density at radius 1 is 1.25 bits per heavy atom. The van der Waals surface area contributed by atoms with E-state index >= 15 is 0 Å². The number of rotatable bonds is 6. The van der Waals surface area contributed by atoms with Crippen LogP contribution in [0.15, 0.2) is 30.3 Å². The number of benzene rings is 1. The molecule has 1 aliphatic rings. The molecule has 1 fully saturated rings. The fourth-order valence-corrected chi connectivity index (χ4v) is 4.42. The van der Waals surface area contributed by atoms with Crippen LogP contribution in [0.1, 0.15) is 50.3 Å². The molecule has 3 aromatic rings. The summed E-state index contributed by atoms with van der Waals surface area (Å²) in [6, 6.07) is 8.30. The minimum absolute atomic E-state index is 0.0357. The third-order valence-corrected chi connectivity index (χ3v) is 6.04. The van der Waals surface area contributed by atoms with E-state index in [4.69, 9.17) is 4.74 Å². The number of nitro benzene ring substituents is 1. The molecule has 1 aliphatic carbocycles. The van der Waals surface area contributed by atoms with Crippen molar-refractivity contribution in [3.05, 3.63) is 62.3 Å². The number of carbonyl (C=O) groups is 2. The maximum Gasteiger partial charge on any atom is 0.348 e. The van der Waals surface area contributed by atoms with Gasteiger partial charge in [0.2, 0.25) is 5.78 Å². The summed E-state index contributed by atoms with van der Waals surface area (Å²) in [5.41, 5.74) is 2.51. The van der Waals surface area contributed by atoms with Crippen molar-refractivity contribution in [1.82, 2.24) is 4.57 Å². The van der Waals surface area contributed by atoms with Gasteiger partial charge in [-0.15, -0.1) is 11.3 Å². The van der Waals surface area contributed by atoms with E-state index in [1.54, 1.807) is 12.1 Å². The monoisotopic (exact) mass is 398 g/mol. The van der Waals surface area contributed by atoms with E-state index in [1.807, 2.05) is 19.9 Å². The fraction of sp³-hybridized carbons (Fsp3) is 0.300. The van der Waals surface area contributed by atoms with Crippen LogP contribution in [0, 0.1) is 24.0 Å². The summed E-state index contributed by atoms with van der Waals surface area (Å²) in [6.45, 7) is 3.56. The molecule has 0 bridgehead atoms. The molecule has 0 N–H and O–H groups in total. The van der Waals surface area contributed by atoms with Gasteiger partial charge in [0.1, 0.15) is 4.88 Å². The highest BCUT2D eigenvalue weighted by molar-refractivity contribution is 7.20. The molecule has 1 saturated carbocycles. The van der Waals surface area contributed by atoms with Crippen molar-refractivity contribution < 1.29 is 19.2 Å². The Balaban J connectivity index is 1.47. The zero-order valence-corrected chi connectivity index (χ0v) is 16.2. The maximum absolute atomic E-state index is 12.5. The molecule has 0 saturated heterocycles. The van der Waals surface area contributed by atoms with E-state index in [0.717, 1.165) is 28.9 Å². The first-order chi connectivity index (χ1) is 13.3. The molecule has 0 radical (unpaired) electrons. The zero-order valence-electron chi connectivity index (χ0n) is 15.4. The lowest BCUT2D eigenvalue weighted by molar-refractivity contribution is -0.384. The third-order valence-electron chi connectivity index (χ3n) is 4.94. The van der Waals surface area contributed by atoms with E-state index in [2.05, 4.69) is 4.57 Å². The number of Topliss-reactive ketones (excluding diaryl/α,β-unsaturated/α-hetero) is 1. The van der Waals surface area contributed by atoms with Crippen LogP contribution in [-0.4, -0.2) is 27.8 Å². The smallest absolute Gasteiger partial charge is 0.348 e. The standard InChI is InChI=1S/C20H18N2O5S/c1-11-7-16(12(2)21(11)14-3-4-14)17(23)10-27-20(24)19-9-13-8-15(22(25)26)5-6-18(13)28-19/h5-9,14H,3-4,10H2,1-2H3. The molecule has 4 rings (SSSR count). The van der Waals surface area contributed by atoms with Crippen molar-refractivity contribution in [3.63, 3.8) is 0 Å². The van der Waals surface area contributed by atoms with E-state index in [-0.39, 0.29) is 18.1 Å². The van der Waals surface area contributed by atoms with Crippen molar-refractivity contribution in [2.24, 2.45) is 0 Å². The number of aryl methyl sites for hydroxylation is 1. The summed E-state index contributed by atoms with van der Waals surface area (Å²) in [5.74, 6) is -0.835. The second-order valence-corrected chi connectivity index (χ2v) is 8.06. The minimum atomic E-state index is -0.604. The van der Waals surface area contributed by atoms with Gasteiger partial charge in [-0.3, -0.25) is 14.9 Å². The molecule has 2 aromatic heterocycles. The Hall–Kier alpha value is -3.00. The summed E-state index contributed by atoms with van der Waals surface area (Å²) in [5, 5.41) is 11.5. The van der Waals surface area contributed by atoms with Crippen LogP contribution in [0.2, 0.25) is 0 Å². The highest BCUT2D eigenvalue weighted by Crippen LogP contribution is 2.38. The first kappa shape index (κ1) is 18.4. The number of ether oxygens (including phenoxy) is 1. The number of fused-ring (bicyclic) bond motifs is 1. The van der Waals surface area contributed by atoms with Gasteiger partial charge in [0.25, 0.3) is 5.69 Å². The fourth-order valence-electron chi connectivity index (χ4n) is 3.48. The molecule has 28 heavy (non-hydrogen) atoms. The number of hydrogen-bond acceptors (Lipinski definition) is 6. The summed E-state index contributed by atoms with van der Waals surface area (Å²) in [4.78, 5) is 35.6. The normalized spacial score (nSPS) is 13.6. The van der Waals surface area contributed by atoms with E-state index in [0.29, 0.717) is 21.9 Å². The van der Waals surface area contributed by atoms with E-state index in [1.165, 1.54) is 23.5 Å². The van der Waals surface area contributed by atoms with Gasteiger partial charge < -0.3 is 9.30 Å². The number of nitrogens with zero attached hydrogens (tertiary/aromatic N) is 2. The molecular formula is C20H18N2O5S. The van der Waals surface area contributed by atoms with Crippen LogP contribution in [0.25, 0.3) is 10.1 Å². The molecule has 0 atom stereocenters. The Bertz CT molecular complexity index is 1120. The molecule has 8 heteroatoms. The van der Waals surface area contributed by atoms with Gasteiger partial charge in [0, 0.05) is 45.2 Å². The molecule has 7 nitrogen and oxygen atoms in total. The highest BCUT2D eigenvalue weighted by atomic mass is 32.1. The van der Waals surface area contributed by atoms with Gasteiger partial charge in [-0.1, -0.05) is 0 Å². The van der Waals surface area contributed by atoms with Crippen molar-refractivity contribution >= 4 is 38.9 Å². The Kier molecular flexibility index (Phi) is 4.50. The van der Waals surface area contributed by atoms with E-state index in [9.17, 15) is 19.7 Å². The van der Waals surface area contributed by atoms with Crippen LogP contribution < -0.4 is 0 Å². The molecule has 1 aromatic carbocycles. The summed E-state index contributed by atoms with van der Waals surface area (Å²) in [6.07, 6.45) is 2.26. The molecular weight excluding hydrogens is 380 g/mol. The first-order valence-corrected chi connectivity index (χ1v) is 9.73. The Labute approximate surface area is 164 Å². The van der Waals surface area contributed by atoms with Crippen LogP contribution >= 0.6 is 11.3 Å². The summed E-state index contributed by atoms with van der Waals surface area (Å²) in [7, 11) is 0. The Morgan fingerprint density at radius 3 is 2.68 bits per heavy atom. The average molecular weight is 398 g/mol. The maximum atomic E-state index is 12.5. The largest absolute Gasteiger partial charge is 0.453 e. The lowest BCUT2D eigenvalue weighted by Crippen LogP contribution is -2.14. The van der Waals surface area contributed by atoms with Crippen LogP contribution in [0.4, 0.5) is 5.69 Å². The van der Waals surface area contributed by atoms with Gasteiger partial charge in [-0.25, -0.2) is 4.79 Å². The van der Waals surface area contributed by atoms with Gasteiger partial charge in [0.05, 0.1) is 4.92 Å². The van der Waals surface area contributed by atoms with Gasteiger partial charge in [-0.2, -0.15) is 0 Å². The predicted molar refractivity (Wildman–Crippen MR) is 105 cm³/mol. The number of non-ortho nitro benzene ring substituents is 1. The van der Waals surface area contributed by atoms with Crippen molar-refractivity contribution in [3.8, 4) is 0 Å².